The van der Waals surface area contributed by atoms with Crippen LogP contribution in [0.3, 0.4) is 0 Å². The molecule has 0 spiro atoms. The average molecular weight is 414 g/mol. The van der Waals surface area contributed by atoms with E-state index in [2.05, 4.69) is 22.0 Å². The van der Waals surface area contributed by atoms with Crippen LogP contribution >= 0.6 is 11.6 Å². The van der Waals surface area contributed by atoms with E-state index in [0.29, 0.717) is 10.9 Å². The van der Waals surface area contributed by atoms with Crippen LogP contribution in [-0.4, -0.2) is 30.5 Å². The predicted molar refractivity (Wildman–Crippen MR) is 122 cm³/mol. The zero-order chi connectivity index (χ0) is 20.8. The van der Waals surface area contributed by atoms with E-state index in [1.807, 2.05) is 56.1 Å². The first-order valence-corrected chi connectivity index (χ1v) is 11.2. The number of pyridine rings is 1. The van der Waals surface area contributed by atoms with Gasteiger partial charge in [0.25, 0.3) is 0 Å². The molecule has 5 heteroatoms. The van der Waals surface area contributed by atoms with Gasteiger partial charge in [-0.3, -0.25) is 4.79 Å². The largest absolute Gasteiger partial charge is 0.357 e. The van der Waals surface area contributed by atoms with E-state index in [9.17, 15) is 4.79 Å². The molecular formula is C24H32ClN3O. The second-order valence-electron chi connectivity index (χ2n) is 7.82. The maximum absolute atomic E-state index is 13.3. The number of carbonyl (C=O) groups excluding carboxylic acids is 1. The third-order valence-electron chi connectivity index (χ3n) is 5.61. The Bertz CT molecular complexity index is 779. The molecule has 0 bridgehead atoms. The summed E-state index contributed by atoms with van der Waals surface area (Å²) in [6.45, 7) is 8.64. The monoisotopic (exact) mass is 413 g/mol. The van der Waals surface area contributed by atoms with Crippen LogP contribution in [0.1, 0.15) is 45.1 Å². The zero-order valence-corrected chi connectivity index (χ0v) is 18.5. The average Bonchev–Trinajstić information content (AvgIpc) is 3.59. The number of hydrogen-bond donors (Lipinski definition) is 0. The first kappa shape index (κ1) is 21.6. The summed E-state index contributed by atoms with van der Waals surface area (Å²) in [6, 6.07) is 11.8. The van der Waals surface area contributed by atoms with Crippen LogP contribution in [0.4, 0.5) is 11.5 Å². The maximum atomic E-state index is 13.3. The van der Waals surface area contributed by atoms with Crippen LogP contribution in [0.5, 0.6) is 0 Å². The fourth-order valence-corrected chi connectivity index (χ4v) is 3.85. The molecule has 0 radical (unpaired) electrons. The third kappa shape index (κ3) is 5.72. The number of aryl methyl sites for hydroxylation is 1. The fourth-order valence-electron chi connectivity index (χ4n) is 3.73. The van der Waals surface area contributed by atoms with Gasteiger partial charge in [0.2, 0.25) is 5.91 Å². The Morgan fingerprint density at radius 1 is 1.07 bits per heavy atom. The third-order valence-corrected chi connectivity index (χ3v) is 5.86. The summed E-state index contributed by atoms with van der Waals surface area (Å²) >= 11 is 6.03. The number of carbonyl (C=O) groups is 1. The van der Waals surface area contributed by atoms with Crippen molar-refractivity contribution in [3.8, 4) is 0 Å². The van der Waals surface area contributed by atoms with E-state index in [0.717, 1.165) is 44.0 Å². The van der Waals surface area contributed by atoms with E-state index in [1.165, 1.54) is 18.4 Å². The highest BCUT2D eigenvalue weighted by Crippen LogP contribution is 2.33. The molecule has 29 heavy (non-hydrogen) atoms. The quantitative estimate of drug-likeness (QED) is 0.628. The minimum absolute atomic E-state index is 0.0844. The van der Waals surface area contributed by atoms with Gasteiger partial charge < -0.3 is 9.80 Å². The molecule has 1 aliphatic heterocycles. The SMILES string of the molecule is CC.Cc1ccc(N2CCC(C(=O)N(CC3CC3)c3ccc(Cl)cc3)CC2)nc1. The van der Waals surface area contributed by atoms with E-state index >= 15 is 0 Å². The summed E-state index contributed by atoms with van der Waals surface area (Å²) < 4.78 is 0. The van der Waals surface area contributed by atoms with Crippen molar-refractivity contribution in [2.75, 3.05) is 29.4 Å². The topological polar surface area (TPSA) is 36.4 Å². The number of aromatic nitrogens is 1. The Hall–Kier alpha value is -2.07. The first-order valence-electron chi connectivity index (χ1n) is 10.8. The van der Waals surface area contributed by atoms with Crippen LogP contribution < -0.4 is 9.80 Å². The lowest BCUT2D eigenvalue weighted by molar-refractivity contribution is -0.123. The number of amides is 1. The van der Waals surface area contributed by atoms with E-state index in [1.54, 1.807) is 0 Å². The van der Waals surface area contributed by atoms with Gasteiger partial charge in [-0.05, 0) is 74.4 Å². The van der Waals surface area contributed by atoms with Gasteiger partial charge in [0, 0.05) is 42.5 Å². The Labute approximate surface area is 179 Å². The molecule has 1 aromatic carbocycles. The minimum atomic E-state index is 0.0844. The van der Waals surface area contributed by atoms with Crippen LogP contribution in [0.15, 0.2) is 42.6 Å². The van der Waals surface area contributed by atoms with Gasteiger partial charge in [0.1, 0.15) is 5.82 Å². The van der Waals surface area contributed by atoms with Crippen molar-refractivity contribution in [1.29, 1.82) is 0 Å². The summed E-state index contributed by atoms with van der Waals surface area (Å²) in [5, 5.41) is 0.705. The summed E-state index contributed by atoms with van der Waals surface area (Å²) in [4.78, 5) is 22.1. The van der Waals surface area contributed by atoms with Gasteiger partial charge >= 0.3 is 0 Å². The number of hydrogen-bond acceptors (Lipinski definition) is 3. The minimum Gasteiger partial charge on any atom is -0.357 e. The molecule has 2 aliphatic rings. The molecule has 156 valence electrons. The first-order chi connectivity index (χ1) is 14.1. The highest BCUT2D eigenvalue weighted by Gasteiger charge is 2.33. The number of piperidine rings is 1. The number of benzene rings is 1. The van der Waals surface area contributed by atoms with E-state index < -0.39 is 0 Å². The summed E-state index contributed by atoms with van der Waals surface area (Å²) in [7, 11) is 0. The molecule has 0 unspecified atom stereocenters. The van der Waals surface area contributed by atoms with Crippen LogP contribution in [-0.2, 0) is 4.79 Å². The van der Waals surface area contributed by atoms with Gasteiger partial charge in [0.05, 0.1) is 0 Å². The second-order valence-corrected chi connectivity index (χ2v) is 8.26. The van der Waals surface area contributed by atoms with Crippen molar-refractivity contribution in [3.63, 3.8) is 0 Å². The molecular weight excluding hydrogens is 382 g/mol. The summed E-state index contributed by atoms with van der Waals surface area (Å²) in [5.41, 5.74) is 2.14. The van der Waals surface area contributed by atoms with Gasteiger partial charge in [-0.15, -0.1) is 0 Å². The molecule has 1 saturated carbocycles. The van der Waals surface area contributed by atoms with Gasteiger partial charge in [0.15, 0.2) is 0 Å². The molecule has 4 nitrogen and oxygen atoms in total. The molecule has 0 N–H and O–H groups in total. The molecule has 1 saturated heterocycles. The van der Waals surface area contributed by atoms with E-state index in [-0.39, 0.29) is 11.8 Å². The molecule has 1 aromatic heterocycles. The second kappa shape index (κ2) is 10.1. The van der Waals surface area contributed by atoms with Crippen molar-refractivity contribution in [3.05, 3.63) is 53.2 Å². The predicted octanol–water partition coefficient (Wildman–Crippen LogP) is 5.73. The fraction of sp³-hybridized carbons (Fsp3) is 0.500. The Balaban J connectivity index is 0.00000117. The number of halogens is 1. The van der Waals surface area contributed by atoms with Crippen molar-refractivity contribution >= 4 is 29.0 Å². The normalized spacial score (nSPS) is 16.8. The highest BCUT2D eigenvalue weighted by molar-refractivity contribution is 6.30. The Kier molecular flexibility index (Phi) is 7.54. The molecule has 2 aromatic rings. The Morgan fingerprint density at radius 2 is 1.72 bits per heavy atom. The zero-order valence-electron chi connectivity index (χ0n) is 17.8. The summed E-state index contributed by atoms with van der Waals surface area (Å²) in [6.07, 6.45) is 6.13. The van der Waals surface area contributed by atoms with Crippen molar-refractivity contribution in [2.45, 2.75) is 46.5 Å². The number of anilines is 2. The standard InChI is InChI=1S/C22H26ClN3O.C2H6/c1-16-2-9-21(24-14-16)25-12-10-18(11-13-25)22(27)26(15-17-3-4-17)20-7-5-19(23)6-8-20;1-2/h2,5-9,14,17-18H,3-4,10-13,15H2,1H3;1-2H3. The molecule has 1 aliphatic carbocycles. The van der Waals surface area contributed by atoms with E-state index in [4.69, 9.17) is 11.6 Å². The summed E-state index contributed by atoms with van der Waals surface area (Å²) in [5.74, 6) is 2.02. The van der Waals surface area contributed by atoms with Crippen LogP contribution in [0.2, 0.25) is 5.02 Å². The van der Waals surface area contributed by atoms with Crippen LogP contribution in [0.25, 0.3) is 0 Å². The van der Waals surface area contributed by atoms with Crippen molar-refractivity contribution in [1.82, 2.24) is 4.98 Å². The van der Waals surface area contributed by atoms with Crippen molar-refractivity contribution in [2.24, 2.45) is 11.8 Å². The molecule has 2 heterocycles. The highest BCUT2D eigenvalue weighted by atomic mass is 35.5. The van der Waals surface area contributed by atoms with Gasteiger partial charge in [-0.25, -0.2) is 4.98 Å². The Morgan fingerprint density at radius 3 is 2.28 bits per heavy atom. The lowest BCUT2D eigenvalue weighted by Gasteiger charge is -2.35. The molecule has 1 amide bonds. The van der Waals surface area contributed by atoms with Crippen molar-refractivity contribution < 1.29 is 4.79 Å². The van der Waals surface area contributed by atoms with Gasteiger partial charge in [-0.2, -0.15) is 0 Å². The molecule has 4 rings (SSSR count). The van der Waals surface area contributed by atoms with Crippen LogP contribution in [0, 0.1) is 18.8 Å². The smallest absolute Gasteiger partial charge is 0.230 e. The molecule has 2 fully saturated rings. The molecule has 0 atom stereocenters. The lowest BCUT2D eigenvalue weighted by atomic mass is 9.94. The lowest BCUT2D eigenvalue weighted by Crippen LogP contribution is -2.43. The maximum Gasteiger partial charge on any atom is 0.230 e. The van der Waals surface area contributed by atoms with Gasteiger partial charge in [-0.1, -0.05) is 31.5 Å². The number of rotatable bonds is 5. The number of nitrogens with zero attached hydrogens (tertiary/aromatic N) is 3.